The largest absolute Gasteiger partial charge is 0.480 e. The first-order valence-electron chi connectivity index (χ1n) is 6.38. The van der Waals surface area contributed by atoms with E-state index in [0.29, 0.717) is 24.6 Å². The van der Waals surface area contributed by atoms with Crippen molar-refractivity contribution in [1.29, 1.82) is 0 Å². The fourth-order valence-electron chi connectivity index (χ4n) is 2.48. The Morgan fingerprint density at radius 2 is 2.11 bits per heavy atom. The van der Waals surface area contributed by atoms with Crippen LogP contribution in [0.2, 0.25) is 0 Å². The molecule has 1 aliphatic heterocycles. The van der Waals surface area contributed by atoms with Gasteiger partial charge in [0.05, 0.1) is 5.01 Å². The molecule has 2 unspecified atom stereocenters. The van der Waals surface area contributed by atoms with Gasteiger partial charge in [0.15, 0.2) is 0 Å². The van der Waals surface area contributed by atoms with E-state index in [9.17, 15) is 14.7 Å². The smallest absolute Gasteiger partial charge is 0.326 e. The lowest BCUT2D eigenvalue weighted by atomic mass is 9.92. The zero-order valence-corrected chi connectivity index (χ0v) is 12.2. The predicted molar refractivity (Wildman–Crippen MR) is 72.4 cm³/mol. The van der Waals surface area contributed by atoms with Gasteiger partial charge in [0.1, 0.15) is 11.7 Å². The van der Waals surface area contributed by atoms with Crippen LogP contribution in [-0.4, -0.2) is 39.5 Å². The van der Waals surface area contributed by atoms with Crippen molar-refractivity contribution in [3.8, 4) is 0 Å². The summed E-state index contributed by atoms with van der Waals surface area (Å²) in [5, 5.41) is 10.1. The summed E-state index contributed by atoms with van der Waals surface area (Å²) >= 11 is 1.47. The normalized spacial score (nSPS) is 23.4. The van der Waals surface area contributed by atoms with Gasteiger partial charge in [-0.3, -0.25) is 4.79 Å². The number of nitrogens with zero attached hydrogens (tertiary/aromatic N) is 2. The van der Waals surface area contributed by atoms with Crippen molar-refractivity contribution in [1.82, 2.24) is 9.88 Å². The molecule has 5 nitrogen and oxygen atoms in total. The van der Waals surface area contributed by atoms with Gasteiger partial charge in [0.25, 0.3) is 5.91 Å². The molecule has 2 rings (SSSR count). The molecule has 1 aromatic heterocycles. The number of aromatic nitrogens is 1. The minimum atomic E-state index is -0.926. The average molecular weight is 282 g/mol. The number of carboxylic acids is 1. The first-order chi connectivity index (χ1) is 8.90. The highest BCUT2D eigenvalue weighted by Crippen LogP contribution is 2.26. The molecule has 104 valence electrons. The van der Waals surface area contributed by atoms with Crippen molar-refractivity contribution < 1.29 is 14.7 Å². The van der Waals surface area contributed by atoms with Crippen LogP contribution in [-0.2, 0) is 4.79 Å². The van der Waals surface area contributed by atoms with Crippen LogP contribution in [0.1, 0.15) is 40.1 Å². The third-order valence-corrected chi connectivity index (χ3v) is 4.40. The molecule has 0 spiro atoms. The number of carboxylic acid groups (broad SMARTS) is 1. The molecule has 19 heavy (non-hydrogen) atoms. The van der Waals surface area contributed by atoms with Crippen LogP contribution in [0.25, 0.3) is 0 Å². The lowest BCUT2D eigenvalue weighted by molar-refractivity contribution is -0.144. The fraction of sp³-hybridized carbons (Fsp3) is 0.615. The fourth-order valence-corrected chi connectivity index (χ4v) is 3.29. The topological polar surface area (TPSA) is 70.5 Å². The summed E-state index contributed by atoms with van der Waals surface area (Å²) < 4.78 is 0. The summed E-state index contributed by atoms with van der Waals surface area (Å²) in [6, 6.07) is -0.724. The molecule has 0 saturated carbocycles. The maximum absolute atomic E-state index is 12.5. The molecule has 1 aromatic rings. The van der Waals surface area contributed by atoms with Gasteiger partial charge in [-0.2, -0.15) is 0 Å². The van der Waals surface area contributed by atoms with Crippen LogP contribution < -0.4 is 0 Å². The number of carbonyl (C=O) groups is 2. The number of likely N-dealkylation sites (tertiary alicyclic amines) is 1. The Balaban J connectivity index is 2.26. The molecule has 1 saturated heterocycles. The standard InChI is InChI=1S/C13H18N2O3S/c1-7-4-5-15(10(6-7)13(17)18)12(16)11-8(2)19-9(3)14-11/h7,10H,4-6H2,1-3H3,(H,17,18). The van der Waals surface area contributed by atoms with Crippen molar-refractivity contribution in [2.45, 2.75) is 39.7 Å². The molecule has 0 radical (unpaired) electrons. The second-order valence-corrected chi connectivity index (χ2v) is 6.53. The summed E-state index contributed by atoms with van der Waals surface area (Å²) in [7, 11) is 0. The Morgan fingerprint density at radius 1 is 1.42 bits per heavy atom. The number of aliphatic carboxylic acids is 1. The van der Waals surface area contributed by atoms with Crippen molar-refractivity contribution in [3.05, 3.63) is 15.6 Å². The van der Waals surface area contributed by atoms with Gasteiger partial charge in [-0.25, -0.2) is 9.78 Å². The van der Waals surface area contributed by atoms with Gasteiger partial charge in [-0.1, -0.05) is 6.92 Å². The number of hydrogen-bond acceptors (Lipinski definition) is 4. The van der Waals surface area contributed by atoms with E-state index >= 15 is 0 Å². The molecule has 0 aromatic carbocycles. The van der Waals surface area contributed by atoms with E-state index in [4.69, 9.17) is 0 Å². The number of aryl methyl sites for hydroxylation is 2. The maximum Gasteiger partial charge on any atom is 0.326 e. The lowest BCUT2D eigenvalue weighted by Gasteiger charge is -2.35. The molecular weight excluding hydrogens is 264 g/mol. The second-order valence-electron chi connectivity index (χ2n) is 5.12. The van der Waals surface area contributed by atoms with E-state index in [2.05, 4.69) is 4.98 Å². The Morgan fingerprint density at radius 3 is 2.63 bits per heavy atom. The van der Waals surface area contributed by atoms with Gasteiger partial charge in [0, 0.05) is 11.4 Å². The third-order valence-electron chi connectivity index (χ3n) is 3.52. The monoisotopic (exact) mass is 282 g/mol. The van der Waals surface area contributed by atoms with E-state index in [1.807, 2.05) is 20.8 Å². The molecule has 0 bridgehead atoms. The number of rotatable bonds is 2. The third kappa shape index (κ3) is 2.78. The summed E-state index contributed by atoms with van der Waals surface area (Å²) in [6.45, 7) is 6.21. The summed E-state index contributed by atoms with van der Waals surface area (Å²) in [6.07, 6.45) is 1.36. The molecular formula is C13H18N2O3S. The van der Waals surface area contributed by atoms with E-state index in [0.717, 1.165) is 16.3 Å². The van der Waals surface area contributed by atoms with Crippen molar-refractivity contribution in [3.63, 3.8) is 0 Å². The number of carbonyl (C=O) groups excluding carboxylic acids is 1. The maximum atomic E-state index is 12.5. The number of hydrogen-bond donors (Lipinski definition) is 1. The quantitative estimate of drug-likeness (QED) is 0.901. The van der Waals surface area contributed by atoms with E-state index in [-0.39, 0.29) is 5.91 Å². The second kappa shape index (κ2) is 5.28. The molecule has 1 amide bonds. The van der Waals surface area contributed by atoms with Gasteiger partial charge < -0.3 is 10.0 Å². The predicted octanol–water partition coefficient (Wildman–Crippen LogP) is 2.09. The van der Waals surface area contributed by atoms with Crippen LogP contribution >= 0.6 is 11.3 Å². The van der Waals surface area contributed by atoms with E-state index in [1.165, 1.54) is 16.2 Å². The molecule has 1 aliphatic rings. The average Bonchev–Trinajstić information content (AvgIpc) is 2.67. The highest BCUT2D eigenvalue weighted by atomic mass is 32.1. The highest BCUT2D eigenvalue weighted by Gasteiger charge is 2.36. The van der Waals surface area contributed by atoms with Crippen LogP contribution in [0.15, 0.2) is 0 Å². The van der Waals surface area contributed by atoms with Gasteiger partial charge in [-0.15, -0.1) is 11.3 Å². The number of piperidine rings is 1. The first-order valence-corrected chi connectivity index (χ1v) is 7.19. The van der Waals surface area contributed by atoms with Crippen LogP contribution in [0, 0.1) is 19.8 Å². The SMILES string of the molecule is Cc1nc(C(=O)N2CCC(C)CC2C(=O)O)c(C)s1. The molecule has 6 heteroatoms. The number of thiazole rings is 1. The Labute approximate surface area is 116 Å². The van der Waals surface area contributed by atoms with Gasteiger partial charge in [0.2, 0.25) is 0 Å². The Hall–Kier alpha value is -1.43. The first kappa shape index (κ1) is 14.0. The lowest BCUT2D eigenvalue weighted by Crippen LogP contribution is -2.50. The molecule has 2 atom stereocenters. The van der Waals surface area contributed by atoms with Gasteiger partial charge in [-0.05, 0) is 32.6 Å². The van der Waals surface area contributed by atoms with Gasteiger partial charge >= 0.3 is 5.97 Å². The Kier molecular flexibility index (Phi) is 3.89. The van der Waals surface area contributed by atoms with E-state index < -0.39 is 12.0 Å². The zero-order chi connectivity index (χ0) is 14.2. The van der Waals surface area contributed by atoms with Crippen molar-refractivity contribution >= 4 is 23.2 Å². The minimum Gasteiger partial charge on any atom is -0.480 e. The number of amides is 1. The molecule has 1 fully saturated rings. The zero-order valence-electron chi connectivity index (χ0n) is 11.3. The minimum absolute atomic E-state index is 0.249. The van der Waals surface area contributed by atoms with E-state index in [1.54, 1.807) is 0 Å². The summed E-state index contributed by atoms with van der Waals surface area (Å²) in [5.74, 6) is -0.839. The van der Waals surface area contributed by atoms with Crippen LogP contribution in [0.5, 0.6) is 0 Å². The highest BCUT2D eigenvalue weighted by molar-refractivity contribution is 7.11. The Bertz CT molecular complexity index is 512. The van der Waals surface area contributed by atoms with Crippen molar-refractivity contribution in [2.75, 3.05) is 6.54 Å². The van der Waals surface area contributed by atoms with Crippen LogP contribution in [0.3, 0.4) is 0 Å². The summed E-state index contributed by atoms with van der Waals surface area (Å²) in [5.41, 5.74) is 0.406. The molecule has 0 aliphatic carbocycles. The molecule has 2 heterocycles. The summed E-state index contributed by atoms with van der Waals surface area (Å²) in [4.78, 5) is 30.3. The van der Waals surface area contributed by atoms with Crippen LogP contribution in [0.4, 0.5) is 0 Å². The van der Waals surface area contributed by atoms with Crippen molar-refractivity contribution in [2.24, 2.45) is 5.92 Å². The molecule has 1 N–H and O–H groups in total.